The first-order valence-corrected chi connectivity index (χ1v) is 8.77. The average molecular weight is 343 g/mol. The second-order valence-electron chi connectivity index (χ2n) is 4.35. The molecule has 1 aromatic carbocycles. The Bertz CT molecular complexity index is 681. The fraction of sp³-hybridized carbons (Fsp3) is 0.385. The number of methoxy groups -OCH3 is 1. The molecule has 0 heterocycles. The number of nitrogens with one attached hydrogen (secondary N) is 1. The average Bonchev–Trinajstić information content (AvgIpc) is 2.47. The smallest absolute Gasteiger partial charge is 0.246 e. The molecule has 0 bridgehead atoms. The van der Waals surface area contributed by atoms with Crippen LogP contribution in [0.1, 0.15) is 0 Å². The SMILES string of the molecule is COc1ccc(NC(=O)CSCC#N)cc1S(=O)(=O)N(C)C. The third kappa shape index (κ3) is 4.62. The lowest BCUT2D eigenvalue weighted by molar-refractivity contribution is -0.113. The summed E-state index contributed by atoms with van der Waals surface area (Å²) in [5, 5.41) is 11.0. The number of amides is 1. The molecule has 0 saturated heterocycles. The van der Waals surface area contributed by atoms with Crippen LogP contribution in [0.2, 0.25) is 0 Å². The number of rotatable bonds is 7. The van der Waals surface area contributed by atoms with Gasteiger partial charge in [0, 0.05) is 19.8 Å². The van der Waals surface area contributed by atoms with Gasteiger partial charge in [-0.05, 0) is 18.2 Å². The van der Waals surface area contributed by atoms with E-state index in [0.717, 1.165) is 4.31 Å². The van der Waals surface area contributed by atoms with Gasteiger partial charge in [-0.1, -0.05) is 0 Å². The Morgan fingerprint density at radius 2 is 2.14 bits per heavy atom. The predicted octanol–water partition coefficient (Wildman–Crippen LogP) is 1.14. The van der Waals surface area contributed by atoms with E-state index >= 15 is 0 Å². The van der Waals surface area contributed by atoms with Gasteiger partial charge in [-0.3, -0.25) is 4.79 Å². The molecule has 9 heteroatoms. The summed E-state index contributed by atoms with van der Waals surface area (Å²) in [6.07, 6.45) is 0. The minimum atomic E-state index is -3.69. The van der Waals surface area contributed by atoms with Crippen molar-refractivity contribution in [2.24, 2.45) is 0 Å². The highest BCUT2D eigenvalue weighted by Crippen LogP contribution is 2.28. The fourth-order valence-corrected chi connectivity index (χ4v) is 3.07. The maximum absolute atomic E-state index is 12.3. The van der Waals surface area contributed by atoms with Crippen LogP contribution in [0.25, 0.3) is 0 Å². The quantitative estimate of drug-likeness (QED) is 0.745. The van der Waals surface area contributed by atoms with Gasteiger partial charge in [-0.2, -0.15) is 5.26 Å². The van der Waals surface area contributed by atoms with Crippen molar-refractivity contribution in [2.45, 2.75) is 4.90 Å². The van der Waals surface area contributed by atoms with E-state index in [4.69, 9.17) is 10.00 Å². The largest absolute Gasteiger partial charge is 0.495 e. The summed E-state index contributed by atoms with van der Waals surface area (Å²) in [6, 6.07) is 6.31. The molecule has 0 aromatic heterocycles. The lowest BCUT2D eigenvalue weighted by atomic mass is 10.3. The molecule has 1 aromatic rings. The fourth-order valence-electron chi connectivity index (χ4n) is 1.54. The summed E-state index contributed by atoms with van der Waals surface area (Å²) < 4.78 is 30.6. The topological polar surface area (TPSA) is 99.5 Å². The standard InChI is InChI=1S/C13H17N3O4S2/c1-16(2)22(18,19)12-8-10(4-5-11(12)20-3)15-13(17)9-21-7-6-14/h4-5,8H,7,9H2,1-3H3,(H,15,17). The number of ether oxygens (including phenoxy) is 1. The van der Waals surface area contributed by atoms with Gasteiger partial charge in [0.1, 0.15) is 10.6 Å². The second-order valence-corrected chi connectivity index (χ2v) is 7.46. The summed E-state index contributed by atoms with van der Waals surface area (Å²) in [4.78, 5) is 11.7. The Kier molecular flexibility index (Phi) is 6.67. The zero-order valence-corrected chi connectivity index (χ0v) is 14.1. The number of sulfonamides is 1. The molecular formula is C13H17N3O4S2. The number of hydrogen-bond donors (Lipinski definition) is 1. The van der Waals surface area contributed by atoms with Gasteiger partial charge >= 0.3 is 0 Å². The molecular weight excluding hydrogens is 326 g/mol. The summed E-state index contributed by atoms with van der Waals surface area (Å²) in [5.74, 6) is 0.232. The van der Waals surface area contributed by atoms with Gasteiger partial charge < -0.3 is 10.1 Å². The van der Waals surface area contributed by atoms with Crippen molar-refractivity contribution in [3.05, 3.63) is 18.2 Å². The van der Waals surface area contributed by atoms with Crippen molar-refractivity contribution in [3.63, 3.8) is 0 Å². The van der Waals surface area contributed by atoms with Crippen LogP contribution in [0, 0.1) is 11.3 Å². The van der Waals surface area contributed by atoms with Crippen molar-refractivity contribution in [3.8, 4) is 11.8 Å². The van der Waals surface area contributed by atoms with Crippen molar-refractivity contribution in [1.29, 1.82) is 5.26 Å². The van der Waals surface area contributed by atoms with E-state index in [2.05, 4.69) is 5.32 Å². The number of thioether (sulfide) groups is 1. The summed E-state index contributed by atoms with van der Waals surface area (Å²) >= 11 is 1.18. The highest BCUT2D eigenvalue weighted by Gasteiger charge is 2.22. The lowest BCUT2D eigenvalue weighted by Crippen LogP contribution is -2.23. The molecule has 0 aliphatic rings. The highest BCUT2D eigenvalue weighted by molar-refractivity contribution is 8.00. The van der Waals surface area contributed by atoms with Crippen LogP contribution < -0.4 is 10.1 Å². The number of benzene rings is 1. The summed E-state index contributed by atoms with van der Waals surface area (Å²) in [6.45, 7) is 0. The van der Waals surface area contributed by atoms with Crippen molar-refractivity contribution < 1.29 is 17.9 Å². The molecule has 120 valence electrons. The zero-order valence-electron chi connectivity index (χ0n) is 12.5. The molecule has 0 fully saturated rings. The molecule has 0 aliphatic heterocycles. The zero-order chi connectivity index (χ0) is 16.8. The molecule has 0 atom stereocenters. The number of carbonyl (C=O) groups excluding carboxylic acids is 1. The van der Waals surface area contributed by atoms with Crippen molar-refractivity contribution in [2.75, 3.05) is 38.0 Å². The normalized spacial score (nSPS) is 11.0. The molecule has 1 rings (SSSR count). The second kappa shape index (κ2) is 8.03. The van der Waals surface area contributed by atoms with Crippen molar-refractivity contribution in [1.82, 2.24) is 4.31 Å². The molecule has 0 unspecified atom stereocenters. The first-order chi connectivity index (χ1) is 10.3. The predicted molar refractivity (Wildman–Crippen MR) is 85.4 cm³/mol. The van der Waals surface area contributed by atoms with Crippen LogP contribution in [0.4, 0.5) is 5.69 Å². The van der Waals surface area contributed by atoms with E-state index in [0.29, 0.717) is 5.69 Å². The molecule has 0 radical (unpaired) electrons. The number of nitrogens with zero attached hydrogens (tertiary/aromatic N) is 2. The molecule has 1 N–H and O–H groups in total. The summed E-state index contributed by atoms with van der Waals surface area (Å²) in [5.41, 5.74) is 0.351. The van der Waals surface area contributed by atoms with Gasteiger partial charge in [0.2, 0.25) is 15.9 Å². The van der Waals surface area contributed by atoms with E-state index in [1.807, 2.05) is 6.07 Å². The van der Waals surface area contributed by atoms with Crippen LogP contribution in [0.15, 0.2) is 23.1 Å². The number of anilines is 1. The third-order valence-electron chi connectivity index (χ3n) is 2.61. The van der Waals surface area contributed by atoms with E-state index in [9.17, 15) is 13.2 Å². The van der Waals surface area contributed by atoms with Gasteiger partial charge in [-0.25, -0.2) is 12.7 Å². The minimum absolute atomic E-state index is 0.0255. The Morgan fingerprint density at radius 1 is 1.45 bits per heavy atom. The Balaban J connectivity index is 3.01. The van der Waals surface area contributed by atoms with Gasteiger partial charge in [0.05, 0.1) is 24.7 Å². The van der Waals surface area contributed by atoms with Gasteiger partial charge in [-0.15, -0.1) is 11.8 Å². The monoisotopic (exact) mass is 343 g/mol. The number of nitriles is 1. The molecule has 0 saturated carbocycles. The molecule has 7 nitrogen and oxygen atoms in total. The maximum atomic E-state index is 12.3. The first kappa shape index (κ1) is 18.3. The molecule has 0 spiro atoms. The van der Waals surface area contributed by atoms with Crippen LogP contribution in [0.5, 0.6) is 5.75 Å². The molecule has 22 heavy (non-hydrogen) atoms. The Labute approximate surface area is 134 Å². The third-order valence-corrected chi connectivity index (χ3v) is 5.24. The van der Waals surface area contributed by atoms with Crippen molar-refractivity contribution >= 4 is 33.4 Å². The number of hydrogen-bond acceptors (Lipinski definition) is 6. The maximum Gasteiger partial charge on any atom is 0.246 e. The lowest BCUT2D eigenvalue weighted by Gasteiger charge is -2.15. The molecule has 0 aliphatic carbocycles. The van der Waals surface area contributed by atoms with Crippen LogP contribution in [-0.2, 0) is 14.8 Å². The number of carbonyl (C=O) groups is 1. The first-order valence-electron chi connectivity index (χ1n) is 6.18. The van der Waals surface area contributed by atoms with Crippen LogP contribution in [0.3, 0.4) is 0 Å². The molecule has 1 amide bonds. The highest BCUT2D eigenvalue weighted by atomic mass is 32.2. The van der Waals surface area contributed by atoms with Gasteiger partial charge in [0.15, 0.2) is 0 Å². The van der Waals surface area contributed by atoms with Crippen LogP contribution >= 0.6 is 11.8 Å². The van der Waals surface area contributed by atoms with E-state index in [1.54, 1.807) is 6.07 Å². The van der Waals surface area contributed by atoms with E-state index in [1.165, 1.54) is 45.1 Å². The summed E-state index contributed by atoms with van der Waals surface area (Å²) in [7, 11) is 0.516. The Hall–Kier alpha value is -1.76. The van der Waals surface area contributed by atoms with Gasteiger partial charge in [0.25, 0.3) is 0 Å². The minimum Gasteiger partial charge on any atom is -0.495 e. The van der Waals surface area contributed by atoms with E-state index in [-0.39, 0.29) is 28.1 Å². The van der Waals surface area contributed by atoms with E-state index < -0.39 is 10.0 Å². The Morgan fingerprint density at radius 3 is 2.68 bits per heavy atom. The van der Waals surface area contributed by atoms with Crippen LogP contribution in [-0.4, -0.2) is 51.3 Å².